The lowest BCUT2D eigenvalue weighted by molar-refractivity contribution is -0.0586. The Kier molecular flexibility index (Phi) is 3.46. The summed E-state index contributed by atoms with van der Waals surface area (Å²) in [6.45, 7) is 7.15. The molecule has 1 aliphatic heterocycles. The summed E-state index contributed by atoms with van der Waals surface area (Å²) in [5.41, 5.74) is -0.0692. The van der Waals surface area contributed by atoms with E-state index in [1.54, 1.807) is 0 Å². The van der Waals surface area contributed by atoms with E-state index in [-0.39, 0.29) is 11.5 Å². The number of halogens is 1. The molecule has 1 saturated heterocycles. The van der Waals surface area contributed by atoms with Gasteiger partial charge in [-0.3, -0.25) is 0 Å². The van der Waals surface area contributed by atoms with E-state index in [1.165, 1.54) is 4.31 Å². The summed E-state index contributed by atoms with van der Waals surface area (Å²) in [4.78, 5) is 0. The van der Waals surface area contributed by atoms with Gasteiger partial charge in [0.1, 0.15) is 0 Å². The average molecular weight is 242 g/mol. The monoisotopic (exact) mass is 241 g/mol. The molecule has 4 nitrogen and oxygen atoms in total. The van der Waals surface area contributed by atoms with E-state index in [4.69, 9.17) is 15.4 Å². The minimum Gasteiger partial charge on any atom is -0.375 e. The SMILES string of the molecule is CC(C)(C)C1CN(S(=O)(=O)Cl)CCO1. The quantitative estimate of drug-likeness (QED) is 0.649. The summed E-state index contributed by atoms with van der Waals surface area (Å²) in [6, 6.07) is 0. The first-order valence-electron chi connectivity index (χ1n) is 4.52. The zero-order valence-electron chi connectivity index (χ0n) is 8.66. The zero-order valence-corrected chi connectivity index (χ0v) is 10.2. The van der Waals surface area contributed by atoms with Gasteiger partial charge in [0, 0.05) is 23.8 Å². The molecule has 0 aromatic heterocycles. The second-order valence-electron chi connectivity index (χ2n) is 4.53. The molecule has 0 amide bonds. The fourth-order valence-electron chi connectivity index (χ4n) is 1.35. The number of rotatable bonds is 1. The van der Waals surface area contributed by atoms with E-state index in [1.807, 2.05) is 20.8 Å². The van der Waals surface area contributed by atoms with Gasteiger partial charge in [-0.2, -0.15) is 12.7 Å². The van der Waals surface area contributed by atoms with Gasteiger partial charge in [0.05, 0.1) is 12.7 Å². The molecule has 0 saturated carbocycles. The van der Waals surface area contributed by atoms with Gasteiger partial charge in [0.25, 0.3) is 9.24 Å². The smallest absolute Gasteiger partial charge is 0.299 e. The van der Waals surface area contributed by atoms with Crippen molar-refractivity contribution < 1.29 is 13.2 Å². The first kappa shape index (κ1) is 12.2. The zero-order chi connectivity index (χ0) is 11.0. The molecule has 84 valence electrons. The summed E-state index contributed by atoms with van der Waals surface area (Å²) in [5.74, 6) is 0. The molecule has 1 heterocycles. The molecule has 14 heavy (non-hydrogen) atoms. The van der Waals surface area contributed by atoms with Crippen molar-refractivity contribution in [2.24, 2.45) is 5.41 Å². The molecule has 6 heteroatoms. The highest BCUT2D eigenvalue weighted by molar-refractivity contribution is 8.11. The normalized spacial score (nSPS) is 26.4. The number of nitrogens with zero attached hydrogens (tertiary/aromatic N) is 1. The van der Waals surface area contributed by atoms with Crippen LogP contribution in [-0.2, 0) is 14.0 Å². The number of morpholine rings is 1. The maximum absolute atomic E-state index is 11.1. The molecule has 0 aromatic rings. The molecule has 1 rings (SSSR count). The van der Waals surface area contributed by atoms with Crippen molar-refractivity contribution in [3.63, 3.8) is 0 Å². The molecular weight excluding hydrogens is 226 g/mol. The van der Waals surface area contributed by atoms with Gasteiger partial charge >= 0.3 is 0 Å². The van der Waals surface area contributed by atoms with Crippen molar-refractivity contribution in [3.05, 3.63) is 0 Å². The van der Waals surface area contributed by atoms with Gasteiger partial charge in [-0.1, -0.05) is 20.8 Å². The molecule has 0 aromatic carbocycles. The molecule has 1 unspecified atom stereocenters. The van der Waals surface area contributed by atoms with Crippen LogP contribution < -0.4 is 0 Å². The van der Waals surface area contributed by atoms with Crippen molar-refractivity contribution in [3.8, 4) is 0 Å². The molecule has 1 aliphatic rings. The first-order valence-corrected chi connectivity index (χ1v) is 6.79. The number of ether oxygens (including phenoxy) is 1. The molecule has 1 fully saturated rings. The predicted octanol–water partition coefficient (Wildman–Crippen LogP) is 1.22. The molecule has 0 aliphatic carbocycles. The Balaban J connectivity index is 2.71. The number of hydrogen-bond acceptors (Lipinski definition) is 3. The van der Waals surface area contributed by atoms with E-state index in [0.29, 0.717) is 19.7 Å². The van der Waals surface area contributed by atoms with Crippen molar-refractivity contribution in [1.29, 1.82) is 0 Å². The van der Waals surface area contributed by atoms with Gasteiger partial charge in [-0.15, -0.1) is 0 Å². The van der Waals surface area contributed by atoms with Crippen LogP contribution in [0.25, 0.3) is 0 Å². The largest absolute Gasteiger partial charge is 0.375 e. The van der Waals surface area contributed by atoms with Crippen LogP contribution in [0.4, 0.5) is 0 Å². The van der Waals surface area contributed by atoms with E-state index in [0.717, 1.165) is 0 Å². The Bertz CT molecular complexity index is 296. The summed E-state index contributed by atoms with van der Waals surface area (Å²) in [7, 11) is 1.68. The van der Waals surface area contributed by atoms with Crippen LogP contribution in [0.15, 0.2) is 0 Å². The van der Waals surface area contributed by atoms with Gasteiger partial charge < -0.3 is 4.74 Å². The molecule has 0 radical (unpaired) electrons. The maximum atomic E-state index is 11.1. The summed E-state index contributed by atoms with van der Waals surface area (Å²) >= 11 is 0. The van der Waals surface area contributed by atoms with Crippen molar-refractivity contribution in [2.45, 2.75) is 26.9 Å². The Morgan fingerprint density at radius 2 is 2.00 bits per heavy atom. The van der Waals surface area contributed by atoms with Crippen molar-refractivity contribution in [2.75, 3.05) is 19.7 Å². The minimum absolute atomic E-state index is 0.0692. The minimum atomic E-state index is -3.59. The molecule has 0 bridgehead atoms. The third-order valence-electron chi connectivity index (χ3n) is 2.30. The highest BCUT2D eigenvalue weighted by Gasteiger charge is 2.34. The lowest BCUT2D eigenvalue weighted by Crippen LogP contribution is -2.48. The lowest BCUT2D eigenvalue weighted by atomic mass is 9.88. The third kappa shape index (κ3) is 3.08. The van der Waals surface area contributed by atoms with Gasteiger partial charge in [-0.05, 0) is 5.41 Å². The van der Waals surface area contributed by atoms with Crippen LogP contribution in [0.2, 0.25) is 0 Å². The van der Waals surface area contributed by atoms with Crippen molar-refractivity contribution in [1.82, 2.24) is 4.31 Å². The van der Waals surface area contributed by atoms with Gasteiger partial charge in [0.2, 0.25) is 0 Å². The second kappa shape index (κ2) is 3.96. The fraction of sp³-hybridized carbons (Fsp3) is 1.00. The van der Waals surface area contributed by atoms with Crippen LogP contribution in [0.5, 0.6) is 0 Å². The molecule has 1 atom stereocenters. The standard InChI is InChI=1S/C8H16ClNO3S/c1-8(2,3)7-6-10(4-5-13-7)14(9,11)12/h7H,4-6H2,1-3H3. The predicted molar refractivity (Wildman–Crippen MR) is 55.5 cm³/mol. The summed E-state index contributed by atoms with van der Waals surface area (Å²) in [5, 5.41) is 0. The second-order valence-corrected chi connectivity index (χ2v) is 7.04. The van der Waals surface area contributed by atoms with E-state index in [2.05, 4.69) is 0 Å². The van der Waals surface area contributed by atoms with E-state index < -0.39 is 9.24 Å². The van der Waals surface area contributed by atoms with Crippen molar-refractivity contribution >= 4 is 19.9 Å². The van der Waals surface area contributed by atoms with Gasteiger partial charge in [0.15, 0.2) is 0 Å². The lowest BCUT2D eigenvalue weighted by Gasteiger charge is -2.37. The van der Waals surface area contributed by atoms with E-state index in [9.17, 15) is 8.42 Å². The highest BCUT2D eigenvalue weighted by atomic mass is 35.7. The first-order chi connectivity index (χ1) is 6.21. The number of hydrogen-bond donors (Lipinski definition) is 0. The van der Waals surface area contributed by atoms with Crippen LogP contribution in [0.1, 0.15) is 20.8 Å². The van der Waals surface area contributed by atoms with E-state index >= 15 is 0 Å². The molecular formula is C8H16ClNO3S. The van der Waals surface area contributed by atoms with Crippen LogP contribution >= 0.6 is 10.7 Å². The maximum Gasteiger partial charge on any atom is 0.299 e. The Hall–Kier alpha value is 0.160. The third-order valence-corrected chi connectivity index (χ3v) is 3.84. The molecule has 0 spiro atoms. The molecule has 0 N–H and O–H groups in total. The Morgan fingerprint density at radius 1 is 1.43 bits per heavy atom. The summed E-state index contributed by atoms with van der Waals surface area (Å²) in [6.07, 6.45) is -0.0928. The van der Waals surface area contributed by atoms with Crippen LogP contribution in [0.3, 0.4) is 0 Å². The van der Waals surface area contributed by atoms with Gasteiger partial charge in [-0.25, -0.2) is 0 Å². The van der Waals surface area contributed by atoms with Crippen LogP contribution in [0, 0.1) is 5.41 Å². The highest BCUT2D eigenvalue weighted by Crippen LogP contribution is 2.26. The Labute approximate surface area is 89.7 Å². The average Bonchev–Trinajstić information content (AvgIpc) is 2.01. The fourth-order valence-corrected chi connectivity index (χ4v) is 2.33. The topological polar surface area (TPSA) is 46.6 Å². The summed E-state index contributed by atoms with van der Waals surface area (Å²) < 4.78 is 29.0. The van der Waals surface area contributed by atoms with Crippen LogP contribution in [-0.4, -0.2) is 38.5 Å². The Morgan fingerprint density at radius 3 is 2.43 bits per heavy atom.